The van der Waals surface area contributed by atoms with E-state index in [1.54, 1.807) is 18.5 Å². The highest BCUT2D eigenvalue weighted by Gasteiger charge is 2.17. The van der Waals surface area contributed by atoms with Crippen molar-refractivity contribution >= 4 is 27.6 Å². The third kappa shape index (κ3) is 1.81. The first-order valence-corrected chi connectivity index (χ1v) is 6.70. The molecule has 6 heteroatoms. The van der Waals surface area contributed by atoms with Gasteiger partial charge in [0.25, 0.3) is 5.69 Å². The monoisotopic (exact) mass is 290 g/mol. The summed E-state index contributed by atoms with van der Waals surface area (Å²) in [6, 6.07) is 12.7. The van der Waals surface area contributed by atoms with Gasteiger partial charge >= 0.3 is 0 Å². The molecule has 4 aromatic rings. The summed E-state index contributed by atoms with van der Waals surface area (Å²) >= 11 is 0. The molecule has 0 spiro atoms. The molecule has 0 unspecified atom stereocenters. The standard InChI is InChI=1S/C16H10N4O2/c21-20(22)14-6-3-7-17-15(14)10-8-12-11-4-1-2-5-13(11)19-16(12)18-9-10/h1-9H,(H,18,19). The molecule has 0 fully saturated rings. The molecule has 0 radical (unpaired) electrons. The molecule has 0 atom stereocenters. The van der Waals surface area contributed by atoms with Crippen molar-refractivity contribution in [1.29, 1.82) is 0 Å². The zero-order valence-electron chi connectivity index (χ0n) is 11.4. The Morgan fingerprint density at radius 3 is 2.77 bits per heavy atom. The zero-order chi connectivity index (χ0) is 15.1. The summed E-state index contributed by atoms with van der Waals surface area (Å²) in [5.41, 5.74) is 2.67. The number of aromatic nitrogens is 3. The summed E-state index contributed by atoms with van der Waals surface area (Å²) in [5, 5.41) is 13.1. The number of para-hydroxylation sites is 1. The van der Waals surface area contributed by atoms with Crippen LogP contribution in [0.5, 0.6) is 0 Å². The van der Waals surface area contributed by atoms with Gasteiger partial charge in [0.05, 0.1) is 4.92 Å². The van der Waals surface area contributed by atoms with Crippen molar-refractivity contribution in [2.75, 3.05) is 0 Å². The van der Waals surface area contributed by atoms with Gasteiger partial charge in [0.2, 0.25) is 0 Å². The summed E-state index contributed by atoms with van der Waals surface area (Å²) < 4.78 is 0. The molecule has 0 aliphatic carbocycles. The Kier molecular flexibility index (Phi) is 2.62. The predicted octanol–water partition coefficient (Wildman–Crippen LogP) is 3.69. The van der Waals surface area contributed by atoms with Crippen molar-refractivity contribution in [3.05, 3.63) is 65.0 Å². The second-order valence-corrected chi connectivity index (χ2v) is 4.92. The number of nitrogens with zero attached hydrogens (tertiary/aromatic N) is 3. The van der Waals surface area contributed by atoms with Crippen LogP contribution in [0.4, 0.5) is 5.69 Å². The highest BCUT2D eigenvalue weighted by molar-refractivity contribution is 6.06. The number of hydrogen-bond donors (Lipinski definition) is 1. The Morgan fingerprint density at radius 2 is 1.91 bits per heavy atom. The molecule has 1 N–H and O–H groups in total. The molecule has 106 valence electrons. The zero-order valence-corrected chi connectivity index (χ0v) is 11.4. The van der Waals surface area contributed by atoms with Crippen LogP contribution in [0.25, 0.3) is 33.2 Å². The van der Waals surface area contributed by atoms with E-state index in [1.807, 2.05) is 30.3 Å². The fraction of sp³-hybridized carbons (Fsp3) is 0. The summed E-state index contributed by atoms with van der Waals surface area (Å²) in [4.78, 5) is 22.5. The molecule has 4 rings (SSSR count). The minimum atomic E-state index is -0.429. The molecule has 6 nitrogen and oxygen atoms in total. The average Bonchev–Trinajstić information content (AvgIpc) is 2.92. The van der Waals surface area contributed by atoms with E-state index in [2.05, 4.69) is 15.0 Å². The Morgan fingerprint density at radius 1 is 1.05 bits per heavy atom. The number of aromatic amines is 1. The molecule has 0 aliphatic heterocycles. The van der Waals surface area contributed by atoms with Crippen molar-refractivity contribution in [3.63, 3.8) is 0 Å². The van der Waals surface area contributed by atoms with Gasteiger partial charge in [-0.3, -0.25) is 10.1 Å². The van der Waals surface area contributed by atoms with Crippen LogP contribution >= 0.6 is 0 Å². The highest BCUT2D eigenvalue weighted by Crippen LogP contribution is 2.31. The maximum Gasteiger partial charge on any atom is 0.295 e. The van der Waals surface area contributed by atoms with Gasteiger partial charge < -0.3 is 4.98 Å². The van der Waals surface area contributed by atoms with Gasteiger partial charge in [-0.2, -0.15) is 0 Å². The molecule has 0 saturated carbocycles. The van der Waals surface area contributed by atoms with Gasteiger partial charge in [0, 0.05) is 40.3 Å². The topological polar surface area (TPSA) is 84.7 Å². The van der Waals surface area contributed by atoms with E-state index >= 15 is 0 Å². The van der Waals surface area contributed by atoms with Gasteiger partial charge in [-0.15, -0.1) is 0 Å². The molecule has 3 heterocycles. The fourth-order valence-electron chi connectivity index (χ4n) is 2.62. The van der Waals surface area contributed by atoms with E-state index < -0.39 is 4.92 Å². The van der Waals surface area contributed by atoms with Crippen LogP contribution in [0.1, 0.15) is 0 Å². The van der Waals surface area contributed by atoms with E-state index in [4.69, 9.17) is 0 Å². The quantitative estimate of drug-likeness (QED) is 0.450. The molecule has 3 aromatic heterocycles. The molecule has 0 saturated heterocycles. The SMILES string of the molecule is O=[N+]([O-])c1cccnc1-c1cnc2[nH]c3ccccc3c2c1. The van der Waals surface area contributed by atoms with Crippen LogP contribution in [0, 0.1) is 10.1 Å². The Balaban J connectivity index is 2.00. The normalized spacial score (nSPS) is 11.1. The van der Waals surface area contributed by atoms with Crippen molar-refractivity contribution in [2.45, 2.75) is 0 Å². The van der Waals surface area contributed by atoms with E-state index in [0.29, 0.717) is 11.3 Å². The summed E-state index contributed by atoms with van der Waals surface area (Å²) in [7, 11) is 0. The lowest BCUT2D eigenvalue weighted by atomic mass is 10.1. The van der Waals surface area contributed by atoms with Crippen molar-refractivity contribution in [1.82, 2.24) is 15.0 Å². The number of hydrogen-bond acceptors (Lipinski definition) is 4. The lowest BCUT2D eigenvalue weighted by molar-refractivity contribution is -0.384. The second kappa shape index (κ2) is 4.63. The number of fused-ring (bicyclic) bond motifs is 3. The van der Waals surface area contributed by atoms with Gasteiger partial charge in [-0.1, -0.05) is 18.2 Å². The van der Waals surface area contributed by atoms with Crippen LogP contribution in [0.2, 0.25) is 0 Å². The summed E-state index contributed by atoms with van der Waals surface area (Å²) in [5.74, 6) is 0. The van der Waals surface area contributed by atoms with E-state index in [0.717, 1.165) is 21.9 Å². The van der Waals surface area contributed by atoms with Gasteiger partial charge in [-0.05, 0) is 18.2 Å². The third-order valence-electron chi connectivity index (χ3n) is 3.61. The molecule has 0 amide bonds. The number of H-pyrrole nitrogens is 1. The van der Waals surface area contributed by atoms with Crippen LogP contribution in [0.3, 0.4) is 0 Å². The first-order valence-electron chi connectivity index (χ1n) is 6.70. The molecule has 0 bridgehead atoms. The van der Waals surface area contributed by atoms with Crippen LogP contribution in [-0.2, 0) is 0 Å². The number of rotatable bonds is 2. The lowest BCUT2D eigenvalue weighted by Crippen LogP contribution is -1.94. The third-order valence-corrected chi connectivity index (χ3v) is 3.61. The average molecular weight is 290 g/mol. The Bertz CT molecular complexity index is 1020. The number of nitrogens with one attached hydrogen (secondary N) is 1. The van der Waals surface area contributed by atoms with E-state index in [9.17, 15) is 10.1 Å². The summed E-state index contributed by atoms with van der Waals surface area (Å²) in [6.45, 7) is 0. The number of pyridine rings is 2. The number of benzene rings is 1. The maximum atomic E-state index is 11.2. The minimum absolute atomic E-state index is 0.0245. The fourth-order valence-corrected chi connectivity index (χ4v) is 2.62. The largest absolute Gasteiger partial charge is 0.339 e. The minimum Gasteiger partial charge on any atom is -0.339 e. The van der Waals surface area contributed by atoms with Gasteiger partial charge in [0.15, 0.2) is 0 Å². The lowest BCUT2D eigenvalue weighted by Gasteiger charge is -2.02. The van der Waals surface area contributed by atoms with Crippen LogP contribution < -0.4 is 0 Å². The maximum absolute atomic E-state index is 11.2. The van der Waals surface area contributed by atoms with Gasteiger partial charge in [0.1, 0.15) is 11.3 Å². The van der Waals surface area contributed by atoms with E-state index in [1.165, 1.54) is 6.07 Å². The van der Waals surface area contributed by atoms with E-state index in [-0.39, 0.29) is 5.69 Å². The van der Waals surface area contributed by atoms with Crippen LogP contribution in [0.15, 0.2) is 54.9 Å². The highest BCUT2D eigenvalue weighted by atomic mass is 16.6. The molecule has 22 heavy (non-hydrogen) atoms. The second-order valence-electron chi connectivity index (χ2n) is 4.92. The first-order chi connectivity index (χ1) is 10.7. The molecule has 0 aliphatic rings. The van der Waals surface area contributed by atoms with Crippen molar-refractivity contribution in [2.24, 2.45) is 0 Å². The smallest absolute Gasteiger partial charge is 0.295 e. The first kappa shape index (κ1) is 12.5. The molecular weight excluding hydrogens is 280 g/mol. The summed E-state index contributed by atoms with van der Waals surface area (Å²) in [6.07, 6.45) is 3.15. The molecular formula is C16H10N4O2. The van der Waals surface area contributed by atoms with Gasteiger partial charge in [-0.25, -0.2) is 9.97 Å². The Labute approximate surface area is 124 Å². The van der Waals surface area contributed by atoms with Crippen LogP contribution in [-0.4, -0.2) is 19.9 Å². The number of nitro groups is 1. The van der Waals surface area contributed by atoms with Crippen molar-refractivity contribution < 1.29 is 4.92 Å². The molecule has 1 aromatic carbocycles. The Hall–Kier alpha value is -3.28. The van der Waals surface area contributed by atoms with Crippen molar-refractivity contribution in [3.8, 4) is 11.3 Å². The predicted molar refractivity (Wildman–Crippen MR) is 83.5 cm³/mol.